The molecule has 0 aliphatic carbocycles. The maximum Gasteiger partial charge on any atom is 0.329 e. The lowest BCUT2D eigenvalue weighted by atomic mass is 9.91. The summed E-state index contributed by atoms with van der Waals surface area (Å²) in [4.78, 5) is 55.9. The highest BCUT2D eigenvalue weighted by Gasteiger charge is 2.38. The fraction of sp³-hybridized carbons (Fsp3) is 0.517. The minimum Gasteiger partial charge on any atom is -0.493 e. The number of amidine groups is 1. The van der Waals surface area contributed by atoms with Crippen LogP contribution in [0.15, 0.2) is 77.9 Å². The molecule has 19 heteroatoms. The number of aryl methyl sites for hydroxylation is 4. The number of amides is 3. The van der Waals surface area contributed by atoms with Crippen molar-refractivity contribution < 1.29 is 61.8 Å². The van der Waals surface area contributed by atoms with E-state index in [9.17, 15) is 19.2 Å². The molecule has 2 N–H and O–H groups in total. The summed E-state index contributed by atoms with van der Waals surface area (Å²) in [5.74, 6) is 0.762. The lowest BCUT2D eigenvalue weighted by Crippen LogP contribution is -2.50. The lowest BCUT2D eigenvalue weighted by molar-refractivity contribution is -0.162. The average Bonchev–Trinajstić information content (AvgIpc) is 3.86. The first-order valence-electron chi connectivity index (χ1n) is 27.3. The first-order chi connectivity index (χ1) is 38.2. The number of hydrogen-bond acceptors (Lipinski definition) is 15. The van der Waals surface area contributed by atoms with Crippen LogP contribution >= 0.6 is 11.6 Å². The minimum absolute atomic E-state index is 0.0620. The van der Waals surface area contributed by atoms with Gasteiger partial charge in [0.25, 0.3) is 5.91 Å². The van der Waals surface area contributed by atoms with Gasteiger partial charge < -0.3 is 58.2 Å². The van der Waals surface area contributed by atoms with E-state index in [0.717, 1.165) is 29.7 Å². The molecule has 4 aromatic carbocycles. The van der Waals surface area contributed by atoms with Gasteiger partial charge >= 0.3 is 5.97 Å². The number of carbonyl (C=O) groups is 4. The van der Waals surface area contributed by atoms with Gasteiger partial charge in [-0.25, -0.2) is 4.79 Å². The number of likely N-dealkylation sites (tertiary alicyclic amines) is 1. The van der Waals surface area contributed by atoms with Gasteiger partial charge in [-0.3, -0.25) is 19.4 Å². The number of piperidine rings is 1. The third kappa shape index (κ3) is 18.6. The van der Waals surface area contributed by atoms with Gasteiger partial charge in [-0.15, -0.1) is 0 Å². The van der Waals surface area contributed by atoms with Crippen molar-refractivity contribution in [2.24, 2.45) is 11.0 Å². The topological polar surface area (TPSA) is 194 Å². The number of carbonyl (C=O) groups excluding carboxylic acids is 4. The second-order valence-electron chi connectivity index (χ2n) is 19.7. The van der Waals surface area contributed by atoms with Crippen molar-refractivity contribution >= 4 is 46.8 Å². The van der Waals surface area contributed by atoms with Crippen molar-refractivity contribution in [1.82, 2.24) is 15.5 Å². The van der Waals surface area contributed by atoms with Crippen LogP contribution in [0.2, 0.25) is 5.02 Å². The summed E-state index contributed by atoms with van der Waals surface area (Å²) in [7, 11) is 4.61. The molecule has 0 aromatic heterocycles. The Morgan fingerprint density at radius 1 is 0.747 bits per heavy atom. The Hall–Kier alpha value is -6.44. The Morgan fingerprint density at radius 3 is 2.09 bits per heavy atom. The first-order valence-corrected chi connectivity index (χ1v) is 27.7. The van der Waals surface area contributed by atoms with Crippen molar-refractivity contribution in [2.45, 2.75) is 97.6 Å². The van der Waals surface area contributed by atoms with E-state index in [1.807, 2.05) is 56.1 Å². The zero-order chi connectivity index (χ0) is 56.7. The van der Waals surface area contributed by atoms with Crippen molar-refractivity contribution in [1.29, 1.82) is 0 Å². The Kier molecular flexibility index (Phi) is 25.0. The number of ether oxygens (including phenoxy) is 9. The van der Waals surface area contributed by atoms with E-state index in [2.05, 4.69) is 47.8 Å². The third-order valence-electron chi connectivity index (χ3n) is 14.0. The number of anilines is 1. The van der Waals surface area contributed by atoms with Crippen molar-refractivity contribution in [3.8, 4) is 23.0 Å². The molecule has 1 saturated heterocycles. The van der Waals surface area contributed by atoms with Gasteiger partial charge in [-0.2, -0.15) is 5.10 Å². The number of rotatable bonds is 31. The maximum atomic E-state index is 14.5. The Morgan fingerprint density at radius 2 is 1.43 bits per heavy atom. The van der Waals surface area contributed by atoms with Crippen LogP contribution < -0.4 is 34.6 Å². The summed E-state index contributed by atoms with van der Waals surface area (Å²) in [5, 5.41) is 12.8. The second-order valence-corrected chi connectivity index (χ2v) is 20.1. The summed E-state index contributed by atoms with van der Waals surface area (Å²) in [6, 6.07) is 22.2. The molecule has 430 valence electrons. The van der Waals surface area contributed by atoms with Gasteiger partial charge in [0.15, 0.2) is 18.1 Å². The number of benzene rings is 4. The Labute approximate surface area is 470 Å². The highest BCUT2D eigenvalue weighted by molar-refractivity contribution is 6.31. The van der Waals surface area contributed by atoms with Crippen LogP contribution in [0.5, 0.6) is 23.0 Å². The summed E-state index contributed by atoms with van der Waals surface area (Å²) < 4.78 is 51.5. The fourth-order valence-electron chi connectivity index (χ4n) is 9.33. The lowest BCUT2D eigenvalue weighted by Gasteiger charge is -2.37. The van der Waals surface area contributed by atoms with Crippen LogP contribution in [0.1, 0.15) is 97.8 Å². The van der Waals surface area contributed by atoms with Crippen LogP contribution in [0.25, 0.3) is 0 Å². The molecule has 3 amide bonds. The Bertz CT molecular complexity index is 2640. The molecule has 4 aromatic rings. The Balaban J connectivity index is 0.884. The van der Waals surface area contributed by atoms with E-state index >= 15 is 0 Å². The van der Waals surface area contributed by atoms with Crippen LogP contribution in [0, 0.1) is 26.7 Å². The number of esters is 1. The number of hydrogen-bond donors (Lipinski definition) is 2. The maximum absolute atomic E-state index is 14.5. The van der Waals surface area contributed by atoms with Crippen LogP contribution in [-0.4, -0.2) is 141 Å². The van der Waals surface area contributed by atoms with Crippen LogP contribution in [0.3, 0.4) is 0 Å². The first kappa shape index (κ1) is 61.8. The zero-order valence-corrected chi connectivity index (χ0v) is 48.0. The zero-order valence-electron chi connectivity index (χ0n) is 47.2. The normalized spacial score (nSPS) is 15.9. The van der Waals surface area contributed by atoms with Gasteiger partial charge in [0.05, 0.1) is 98.8 Å². The molecular formula is C60H80ClN5O13. The van der Waals surface area contributed by atoms with E-state index in [-0.39, 0.29) is 56.4 Å². The number of halogens is 1. The largest absolute Gasteiger partial charge is 0.493 e. The minimum atomic E-state index is -0.777. The summed E-state index contributed by atoms with van der Waals surface area (Å²) in [5.41, 5.74) is 6.76. The molecule has 2 heterocycles. The molecule has 6 rings (SSSR count). The van der Waals surface area contributed by atoms with Crippen LogP contribution in [-0.2, 0) is 49.3 Å². The quantitative estimate of drug-likeness (QED) is 0.0359. The smallest absolute Gasteiger partial charge is 0.329 e. The third-order valence-corrected chi connectivity index (χ3v) is 14.4. The summed E-state index contributed by atoms with van der Waals surface area (Å²) in [6.45, 7) is 13.9. The fourth-order valence-corrected chi connectivity index (χ4v) is 9.51. The molecule has 2 aliphatic heterocycles. The predicted octanol–water partition coefficient (Wildman–Crippen LogP) is 8.62. The highest BCUT2D eigenvalue weighted by atomic mass is 35.5. The average molecular weight is 1110 g/mol. The molecule has 0 spiro atoms. The van der Waals surface area contributed by atoms with Crippen LogP contribution in [0.4, 0.5) is 5.69 Å². The molecule has 1 fully saturated rings. The highest BCUT2D eigenvalue weighted by Crippen LogP contribution is 2.42. The van der Waals surface area contributed by atoms with E-state index in [4.69, 9.17) is 54.2 Å². The van der Waals surface area contributed by atoms with Gasteiger partial charge in [-0.05, 0) is 129 Å². The van der Waals surface area contributed by atoms with Gasteiger partial charge in [-0.1, -0.05) is 61.8 Å². The van der Waals surface area contributed by atoms with E-state index in [1.165, 1.54) is 32.5 Å². The molecule has 4 atom stereocenters. The van der Waals surface area contributed by atoms with Gasteiger partial charge in [0, 0.05) is 24.0 Å². The molecule has 0 saturated carbocycles. The second kappa shape index (κ2) is 32.0. The van der Waals surface area contributed by atoms with Crippen molar-refractivity contribution in [2.75, 3.05) is 105 Å². The van der Waals surface area contributed by atoms with Crippen molar-refractivity contribution in [3.05, 3.63) is 111 Å². The molecule has 2 aliphatic rings. The molecule has 79 heavy (non-hydrogen) atoms. The SMILES string of the molecule is CC[C@H](C(=O)N1CCCC[C@H]1C(=O)O[C@@H](CCc1ccc(C)c(C)c1)c1cccc(OCC(=O)NCCOCCOCCOCCOCCC(=O)NC2=NN(c3ccc(C)c(Cl)c3)CC2C)c1)c1cc(OC)c(OC)c(OC)c1. The summed E-state index contributed by atoms with van der Waals surface area (Å²) >= 11 is 6.29. The van der Waals surface area contributed by atoms with E-state index in [1.54, 1.807) is 29.2 Å². The van der Waals surface area contributed by atoms with E-state index < -0.39 is 24.0 Å². The van der Waals surface area contributed by atoms with Crippen molar-refractivity contribution in [3.63, 3.8) is 0 Å². The van der Waals surface area contributed by atoms with Gasteiger partial charge in [0.1, 0.15) is 23.7 Å². The molecule has 0 radical (unpaired) electrons. The number of nitrogens with one attached hydrogen (secondary N) is 2. The van der Waals surface area contributed by atoms with E-state index in [0.29, 0.717) is 123 Å². The molecular weight excluding hydrogens is 1030 g/mol. The molecule has 1 unspecified atom stereocenters. The number of hydrazone groups is 1. The molecule has 0 bridgehead atoms. The predicted molar refractivity (Wildman–Crippen MR) is 303 cm³/mol. The van der Waals surface area contributed by atoms with Gasteiger partial charge in [0.2, 0.25) is 17.6 Å². The monoisotopic (exact) mass is 1110 g/mol. The number of nitrogens with zero attached hydrogens (tertiary/aromatic N) is 3. The summed E-state index contributed by atoms with van der Waals surface area (Å²) in [6.07, 6.45) is 3.13. The molecule has 18 nitrogen and oxygen atoms in total. The standard InChI is InChI=1S/C60H80ClN5O13/c1-9-49(46-35-53(71-6)57(73-8)54(36-46)72-7)59(69)65-24-11-10-15-51(65)60(70)79-52(21-19-44-18-16-40(2)42(4)33-44)45-13-12-14-48(34-45)78-39-56(68)62-23-26-75-28-30-77-32-31-76-29-27-74-25-22-55(67)63-58-43(5)38-66(64-58)47-20-17-41(3)50(61)37-47/h12-14,16-18,20,33-37,43,49,51-52H,9-11,15,19,21-32,38-39H2,1-8H3,(H,62,68)(H,63,64,67)/t43?,49-,51-,52-/m0/s1. The number of methoxy groups -OCH3 is 3.